The molecule has 0 atom stereocenters. The molecule has 0 radical (unpaired) electrons. The highest BCUT2D eigenvalue weighted by Crippen LogP contribution is 2.25. The number of rotatable bonds is 2. The minimum Gasteiger partial charge on any atom is -0.258 e. The number of nitro benzene ring substituents is 1. The molecule has 0 bridgehead atoms. The molecule has 0 spiro atoms. The maximum Gasteiger partial charge on any atom is 0.306 e. The summed E-state index contributed by atoms with van der Waals surface area (Å²) >= 11 is 0. The molecule has 1 aromatic rings. The van der Waals surface area contributed by atoms with Gasteiger partial charge in [0.15, 0.2) is 11.9 Å². The van der Waals surface area contributed by atoms with Crippen LogP contribution in [0.4, 0.5) is 10.1 Å². The monoisotopic (exact) mass is 259 g/mol. The summed E-state index contributed by atoms with van der Waals surface area (Å²) in [7, 11) is 0. The molecule has 2 rings (SSSR count). The summed E-state index contributed by atoms with van der Waals surface area (Å²) in [6.45, 7) is 5.71. The Hall–Kier alpha value is -2.39. The average molecular weight is 259 g/mol. The van der Waals surface area contributed by atoms with E-state index in [1.807, 2.05) is 20.8 Å². The molecule has 0 saturated heterocycles. The second-order valence-corrected chi connectivity index (χ2v) is 4.37. The Morgan fingerprint density at radius 1 is 1.26 bits per heavy atom. The molecule has 0 N–H and O–H groups in total. The van der Waals surface area contributed by atoms with Gasteiger partial charge in [0.05, 0.1) is 21.6 Å². The molecule has 19 heavy (non-hydrogen) atoms. The predicted molar refractivity (Wildman–Crippen MR) is 70.4 cm³/mol. The van der Waals surface area contributed by atoms with E-state index < -0.39 is 16.4 Å². The van der Waals surface area contributed by atoms with Crippen LogP contribution < -0.4 is 0 Å². The van der Waals surface area contributed by atoms with Crippen molar-refractivity contribution in [2.24, 2.45) is 4.99 Å². The van der Waals surface area contributed by atoms with Crippen LogP contribution in [0, 0.1) is 22.1 Å². The Labute approximate surface area is 110 Å². The summed E-state index contributed by atoms with van der Waals surface area (Å²) < 4.78 is 13.3. The fraction of sp³-hybridized carbons (Fsp3) is 0.214. The van der Waals surface area contributed by atoms with Crippen LogP contribution in [0.25, 0.3) is 0 Å². The van der Waals surface area contributed by atoms with Crippen LogP contribution in [0.15, 0.2) is 39.9 Å². The van der Waals surface area contributed by atoms with Gasteiger partial charge in [-0.3, -0.25) is 10.1 Å². The van der Waals surface area contributed by atoms with Crippen LogP contribution in [-0.4, -0.2) is 10.6 Å². The second kappa shape index (κ2) is 4.71. The maximum absolute atomic E-state index is 13.3. The first-order chi connectivity index (χ1) is 8.91. The molecule has 5 heteroatoms. The minimum absolute atomic E-state index is 0.518. The molecule has 0 amide bonds. The third-order valence-corrected chi connectivity index (χ3v) is 3.23. The standard InChI is InChI=1S/C14H12FN2O2/c1-8-7-16-14(10(3)9(8)2)11-4-5-12(15)13(6-11)17(18)19/h4-6H,1-3H3/q+1. The zero-order valence-electron chi connectivity index (χ0n) is 10.8. The van der Waals surface area contributed by atoms with Gasteiger partial charge in [0.25, 0.3) is 0 Å². The molecule has 0 fully saturated rings. The smallest absolute Gasteiger partial charge is 0.258 e. The number of hydrogen-bond acceptors (Lipinski definition) is 3. The van der Waals surface area contributed by atoms with Crippen LogP contribution in [-0.2, 0) is 0 Å². The van der Waals surface area contributed by atoms with Crippen LogP contribution in [0.2, 0.25) is 0 Å². The van der Waals surface area contributed by atoms with Crippen molar-refractivity contribution in [1.29, 1.82) is 0 Å². The highest BCUT2D eigenvalue weighted by molar-refractivity contribution is 6.14. The fourth-order valence-electron chi connectivity index (χ4n) is 1.85. The van der Waals surface area contributed by atoms with Gasteiger partial charge in [0, 0.05) is 13.0 Å². The lowest BCUT2D eigenvalue weighted by molar-refractivity contribution is -0.387. The van der Waals surface area contributed by atoms with E-state index in [-0.39, 0.29) is 0 Å². The molecule has 1 aliphatic rings. The molecule has 4 nitrogen and oxygen atoms in total. The van der Waals surface area contributed by atoms with Crippen molar-refractivity contribution in [3.05, 3.63) is 62.6 Å². The summed E-state index contributed by atoms with van der Waals surface area (Å²) in [5.41, 5.74) is 3.43. The van der Waals surface area contributed by atoms with E-state index in [2.05, 4.69) is 11.2 Å². The third-order valence-electron chi connectivity index (χ3n) is 3.23. The largest absolute Gasteiger partial charge is 0.306 e. The molecular weight excluding hydrogens is 247 g/mol. The van der Waals surface area contributed by atoms with Gasteiger partial charge in [-0.1, -0.05) is 4.99 Å². The number of halogens is 1. The average Bonchev–Trinajstić information content (AvgIpc) is 2.37. The van der Waals surface area contributed by atoms with Crippen molar-refractivity contribution in [2.75, 3.05) is 0 Å². The summed E-state index contributed by atoms with van der Waals surface area (Å²) in [5.74, 6) is -0.848. The van der Waals surface area contributed by atoms with Crippen LogP contribution in [0.1, 0.15) is 26.3 Å². The number of nitrogens with zero attached hydrogens (tertiary/aromatic N) is 2. The van der Waals surface area contributed by atoms with Crippen LogP contribution in [0.5, 0.6) is 0 Å². The van der Waals surface area contributed by atoms with Crippen LogP contribution >= 0.6 is 0 Å². The first-order valence-electron chi connectivity index (χ1n) is 5.71. The first kappa shape index (κ1) is 13.1. The zero-order valence-corrected chi connectivity index (χ0v) is 10.8. The van der Waals surface area contributed by atoms with Gasteiger partial charge < -0.3 is 0 Å². The van der Waals surface area contributed by atoms with Gasteiger partial charge in [0.2, 0.25) is 5.82 Å². The van der Waals surface area contributed by atoms with Crippen molar-refractivity contribution in [3.63, 3.8) is 0 Å². The lowest BCUT2D eigenvalue weighted by Crippen LogP contribution is -2.09. The van der Waals surface area contributed by atoms with E-state index >= 15 is 0 Å². The topological polar surface area (TPSA) is 55.5 Å². The maximum atomic E-state index is 13.3. The van der Waals surface area contributed by atoms with Crippen molar-refractivity contribution < 1.29 is 9.31 Å². The number of aliphatic imine (C=N–C) groups is 1. The van der Waals surface area contributed by atoms with Gasteiger partial charge in [-0.2, -0.15) is 4.39 Å². The molecule has 0 aliphatic carbocycles. The molecule has 96 valence electrons. The quantitative estimate of drug-likeness (QED) is 0.463. The first-order valence-corrected chi connectivity index (χ1v) is 5.71. The molecule has 1 aliphatic heterocycles. The number of allylic oxidation sites excluding steroid dienone is 3. The number of nitro groups is 1. The van der Waals surface area contributed by atoms with E-state index in [4.69, 9.17) is 0 Å². The lowest BCUT2D eigenvalue weighted by Gasteiger charge is -2.05. The van der Waals surface area contributed by atoms with E-state index in [1.54, 1.807) is 0 Å². The van der Waals surface area contributed by atoms with Crippen molar-refractivity contribution in [1.82, 2.24) is 0 Å². The fourth-order valence-corrected chi connectivity index (χ4v) is 1.85. The van der Waals surface area contributed by atoms with Gasteiger partial charge in [0.1, 0.15) is 5.57 Å². The highest BCUT2D eigenvalue weighted by Gasteiger charge is 2.26. The Kier molecular flexibility index (Phi) is 3.23. The summed E-state index contributed by atoms with van der Waals surface area (Å²) in [6, 6.07) is 3.78. The molecular formula is C14H12FN2O2+. The number of hydrogen-bond donors (Lipinski definition) is 0. The third kappa shape index (κ3) is 2.28. The molecule has 0 unspecified atom stereocenters. The van der Waals surface area contributed by atoms with Gasteiger partial charge in [-0.05, 0) is 26.0 Å². The minimum atomic E-state index is -0.848. The lowest BCUT2D eigenvalue weighted by atomic mass is 9.94. The Balaban J connectivity index is 2.56. The Morgan fingerprint density at radius 2 is 1.95 bits per heavy atom. The SMILES string of the molecule is CC1=[C+]N=C(c2ccc(F)c([N+](=O)[O-])c2)C(C)=C1C. The van der Waals surface area contributed by atoms with Crippen molar-refractivity contribution in [3.8, 4) is 0 Å². The summed E-state index contributed by atoms with van der Waals surface area (Å²) in [5, 5.41) is 10.7. The van der Waals surface area contributed by atoms with E-state index in [1.165, 1.54) is 12.1 Å². The predicted octanol–water partition coefficient (Wildman–Crippen LogP) is 3.58. The Morgan fingerprint density at radius 3 is 2.58 bits per heavy atom. The van der Waals surface area contributed by atoms with Crippen LogP contribution in [0.3, 0.4) is 0 Å². The van der Waals surface area contributed by atoms with Gasteiger partial charge in [-0.15, -0.1) is 0 Å². The van der Waals surface area contributed by atoms with E-state index in [9.17, 15) is 14.5 Å². The van der Waals surface area contributed by atoms with E-state index in [0.717, 1.165) is 22.8 Å². The molecule has 0 aromatic heterocycles. The molecule has 0 saturated carbocycles. The van der Waals surface area contributed by atoms with Crippen molar-refractivity contribution in [2.45, 2.75) is 20.8 Å². The van der Waals surface area contributed by atoms with Gasteiger partial charge in [-0.25, -0.2) is 0 Å². The molecule has 1 aromatic carbocycles. The number of benzene rings is 1. The van der Waals surface area contributed by atoms with Gasteiger partial charge >= 0.3 is 5.69 Å². The van der Waals surface area contributed by atoms with E-state index in [0.29, 0.717) is 11.3 Å². The second-order valence-electron chi connectivity index (χ2n) is 4.37. The highest BCUT2D eigenvalue weighted by atomic mass is 19.1. The zero-order chi connectivity index (χ0) is 14.2. The molecule has 1 heterocycles. The summed E-state index contributed by atoms with van der Waals surface area (Å²) in [6.07, 6.45) is 2.86. The normalized spacial score (nSPS) is 14.7. The summed E-state index contributed by atoms with van der Waals surface area (Å²) in [4.78, 5) is 14.2. The van der Waals surface area contributed by atoms with Crippen molar-refractivity contribution >= 4 is 11.4 Å². The Bertz CT molecular complexity index is 657.